The third kappa shape index (κ3) is 5.86. The van der Waals surface area contributed by atoms with Crippen molar-refractivity contribution in [2.24, 2.45) is 10.8 Å². The quantitative estimate of drug-likeness (QED) is 0.728. The van der Waals surface area contributed by atoms with Crippen molar-refractivity contribution in [3.05, 3.63) is 0 Å². The maximum absolute atomic E-state index is 5.41. The van der Waals surface area contributed by atoms with Crippen LogP contribution >= 0.6 is 0 Å². The summed E-state index contributed by atoms with van der Waals surface area (Å²) in [5.74, 6) is 0. The summed E-state index contributed by atoms with van der Waals surface area (Å²) in [5.41, 5.74) is 0.949. The molecule has 0 atom stereocenters. The molecule has 0 bridgehead atoms. The van der Waals surface area contributed by atoms with Crippen LogP contribution in [0.3, 0.4) is 0 Å². The van der Waals surface area contributed by atoms with Crippen LogP contribution in [0.5, 0.6) is 0 Å². The highest BCUT2D eigenvalue weighted by Gasteiger charge is 2.26. The molecule has 16 heavy (non-hydrogen) atoms. The van der Waals surface area contributed by atoms with Crippen molar-refractivity contribution < 1.29 is 4.74 Å². The fraction of sp³-hybridized carbons (Fsp3) is 1.00. The Morgan fingerprint density at radius 3 is 2.38 bits per heavy atom. The second kappa shape index (κ2) is 6.02. The molecule has 0 unspecified atom stereocenters. The van der Waals surface area contributed by atoms with E-state index in [1.54, 1.807) is 0 Å². The minimum atomic E-state index is 0.472. The highest BCUT2D eigenvalue weighted by atomic mass is 16.5. The van der Waals surface area contributed by atoms with Crippen LogP contribution < -0.4 is 5.32 Å². The van der Waals surface area contributed by atoms with E-state index >= 15 is 0 Å². The van der Waals surface area contributed by atoms with Gasteiger partial charge >= 0.3 is 0 Å². The van der Waals surface area contributed by atoms with E-state index in [0.717, 1.165) is 26.3 Å². The summed E-state index contributed by atoms with van der Waals surface area (Å²) >= 11 is 0. The molecule has 96 valence electrons. The summed E-state index contributed by atoms with van der Waals surface area (Å²) in [5, 5.41) is 3.61. The van der Waals surface area contributed by atoms with Gasteiger partial charge in [-0.1, -0.05) is 27.7 Å². The average Bonchev–Trinajstić information content (AvgIpc) is 2.16. The number of nitrogens with one attached hydrogen (secondary N) is 1. The number of ether oxygens (including phenoxy) is 1. The summed E-state index contributed by atoms with van der Waals surface area (Å²) in [6, 6.07) is 0. The van der Waals surface area contributed by atoms with Gasteiger partial charge in [-0.25, -0.2) is 0 Å². The molecule has 0 spiro atoms. The van der Waals surface area contributed by atoms with Crippen molar-refractivity contribution in [2.45, 2.75) is 53.4 Å². The Balaban J connectivity index is 2.06. The van der Waals surface area contributed by atoms with Crippen molar-refractivity contribution in [2.75, 3.05) is 26.3 Å². The van der Waals surface area contributed by atoms with Gasteiger partial charge in [0.1, 0.15) is 0 Å². The maximum atomic E-state index is 5.41. The Kier molecular flexibility index (Phi) is 5.26. The third-order valence-corrected chi connectivity index (χ3v) is 3.53. The Morgan fingerprint density at radius 1 is 1.19 bits per heavy atom. The molecule has 0 aliphatic carbocycles. The largest absolute Gasteiger partial charge is 0.381 e. The Labute approximate surface area is 101 Å². The van der Waals surface area contributed by atoms with Crippen LogP contribution in [0.15, 0.2) is 0 Å². The molecule has 0 saturated carbocycles. The highest BCUT2D eigenvalue weighted by molar-refractivity contribution is 4.79. The average molecular weight is 227 g/mol. The smallest absolute Gasteiger partial charge is 0.0471 e. The van der Waals surface area contributed by atoms with E-state index in [2.05, 4.69) is 33.0 Å². The monoisotopic (exact) mass is 227 g/mol. The molecular formula is C14H29NO. The van der Waals surface area contributed by atoms with Gasteiger partial charge in [-0.3, -0.25) is 0 Å². The van der Waals surface area contributed by atoms with Crippen LogP contribution in [0.25, 0.3) is 0 Å². The first-order chi connectivity index (χ1) is 7.41. The molecule has 0 radical (unpaired) electrons. The molecule has 1 N–H and O–H groups in total. The first kappa shape index (κ1) is 14.0. The predicted molar refractivity (Wildman–Crippen MR) is 69.7 cm³/mol. The molecule has 0 aromatic carbocycles. The van der Waals surface area contributed by atoms with Crippen LogP contribution in [0.1, 0.15) is 53.4 Å². The molecule has 1 saturated heterocycles. The van der Waals surface area contributed by atoms with E-state index in [-0.39, 0.29) is 0 Å². The SMILES string of the molecule is CC(C)(C)CCCNCC1(C)CCOCC1. The lowest BCUT2D eigenvalue weighted by Crippen LogP contribution is -2.37. The second-order valence-electron chi connectivity index (χ2n) is 6.76. The molecule has 1 heterocycles. The van der Waals surface area contributed by atoms with Gasteiger partial charge in [-0.2, -0.15) is 0 Å². The summed E-state index contributed by atoms with van der Waals surface area (Å²) in [7, 11) is 0. The van der Waals surface area contributed by atoms with E-state index in [4.69, 9.17) is 4.74 Å². The van der Waals surface area contributed by atoms with Crippen LogP contribution in [-0.4, -0.2) is 26.3 Å². The van der Waals surface area contributed by atoms with Gasteiger partial charge in [0.05, 0.1) is 0 Å². The molecule has 0 amide bonds. The van der Waals surface area contributed by atoms with E-state index in [1.165, 1.54) is 25.7 Å². The summed E-state index contributed by atoms with van der Waals surface area (Å²) in [4.78, 5) is 0. The van der Waals surface area contributed by atoms with Crippen LogP contribution in [0, 0.1) is 10.8 Å². The van der Waals surface area contributed by atoms with E-state index in [1.807, 2.05) is 0 Å². The van der Waals surface area contributed by atoms with Gasteiger partial charge in [0.2, 0.25) is 0 Å². The van der Waals surface area contributed by atoms with Crippen LogP contribution in [-0.2, 0) is 4.74 Å². The molecule has 2 heteroatoms. The zero-order valence-electron chi connectivity index (χ0n) is 11.6. The number of hydrogen-bond donors (Lipinski definition) is 1. The minimum Gasteiger partial charge on any atom is -0.381 e. The lowest BCUT2D eigenvalue weighted by Gasteiger charge is -2.33. The molecule has 0 aromatic rings. The van der Waals surface area contributed by atoms with Crippen molar-refractivity contribution in [3.8, 4) is 0 Å². The first-order valence-corrected chi connectivity index (χ1v) is 6.70. The van der Waals surface area contributed by atoms with Crippen molar-refractivity contribution >= 4 is 0 Å². The van der Waals surface area contributed by atoms with Gasteiger partial charge in [0.25, 0.3) is 0 Å². The fourth-order valence-electron chi connectivity index (χ4n) is 2.17. The molecule has 1 fully saturated rings. The van der Waals surface area contributed by atoms with Crippen LogP contribution in [0.2, 0.25) is 0 Å². The molecule has 0 aromatic heterocycles. The van der Waals surface area contributed by atoms with E-state index < -0.39 is 0 Å². The van der Waals surface area contributed by atoms with E-state index in [0.29, 0.717) is 10.8 Å². The van der Waals surface area contributed by atoms with Gasteiger partial charge in [-0.15, -0.1) is 0 Å². The Morgan fingerprint density at radius 2 is 1.81 bits per heavy atom. The normalized spacial score (nSPS) is 21.0. The van der Waals surface area contributed by atoms with Gasteiger partial charge in [-0.05, 0) is 43.1 Å². The highest BCUT2D eigenvalue weighted by Crippen LogP contribution is 2.28. The zero-order valence-corrected chi connectivity index (χ0v) is 11.6. The first-order valence-electron chi connectivity index (χ1n) is 6.70. The van der Waals surface area contributed by atoms with Gasteiger partial charge in [0.15, 0.2) is 0 Å². The van der Waals surface area contributed by atoms with Crippen molar-refractivity contribution in [3.63, 3.8) is 0 Å². The van der Waals surface area contributed by atoms with Crippen molar-refractivity contribution in [1.82, 2.24) is 5.32 Å². The fourth-order valence-corrected chi connectivity index (χ4v) is 2.17. The topological polar surface area (TPSA) is 21.3 Å². The predicted octanol–water partition coefficient (Wildman–Crippen LogP) is 3.22. The molecular weight excluding hydrogens is 198 g/mol. The number of rotatable bonds is 5. The summed E-state index contributed by atoms with van der Waals surface area (Å²) in [6.45, 7) is 13.5. The second-order valence-corrected chi connectivity index (χ2v) is 6.76. The molecule has 1 aliphatic heterocycles. The lowest BCUT2D eigenvalue weighted by atomic mass is 9.82. The Hall–Kier alpha value is -0.0800. The number of hydrogen-bond acceptors (Lipinski definition) is 2. The third-order valence-electron chi connectivity index (χ3n) is 3.53. The molecule has 2 nitrogen and oxygen atoms in total. The zero-order chi connectivity index (χ0) is 12.1. The molecule has 1 aliphatic rings. The molecule has 1 rings (SSSR count). The summed E-state index contributed by atoms with van der Waals surface area (Å²) in [6.07, 6.45) is 5.01. The van der Waals surface area contributed by atoms with Gasteiger partial charge in [0, 0.05) is 19.8 Å². The van der Waals surface area contributed by atoms with Gasteiger partial charge < -0.3 is 10.1 Å². The van der Waals surface area contributed by atoms with Crippen molar-refractivity contribution in [1.29, 1.82) is 0 Å². The Bertz CT molecular complexity index is 189. The lowest BCUT2D eigenvalue weighted by molar-refractivity contribution is 0.0241. The van der Waals surface area contributed by atoms with Crippen LogP contribution in [0.4, 0.5) is 0 Å². The minimum absolute atomic E-state index is 0.472. The van der Waals surface area contributed by atoms with E-state index in [9.17, 15) is 0 Å². The summed E-state index contributed by atoms with van der Waals surface area (Å²) < 4.78 is 5.41. The maximum Gasteiger partial charge on any atom is 0.0471 e. The standard InChI is InChI=1S/C14H29NO/c1-13(2,3)6-5-9-15-12-14(4)7-10-16-11-8-14/h15H,5-12H2,1-4H3.